The lowest BCUT2D eigenvalue weighted by molar-refractivity contribution is -0.332. The van der Waals surface area contributed by atoms with Crippen molar-refractivity contribution in [2.24, 2.45) is 0 Å². The topological polar surface area (TPSA) is 214 Å². The fraction of sp³-hybridized carbons (Fsp3) is 0.833. The van der Waals surface area contributed by atoms with Gasteiger partial charge in [0.2, 0.25) is 0 Å². The number of aliphatic hydroxyl groups excluding tert-OH is 7. The number of hydrogen-bond acceptors (Lipinski definition) is 14. The molecule has 11 unspecified atom stereocenters. The Labute approximate surface area is 485 Å². The van der Waals surface area contributed by atoms with E-state index in [-0.39, 0.29) is 25.6 Å². The van der Waals surface area contributed by atoms with Gasteiger partial charge in [-0.25, -0.2) is 0 Å². The van der Waals surface area contributed by atoms with Crippen LogP contribution in [-0.4, -0.2) is 142 Å². The molecule has 0 spiro atoms. The summed E-state index contributed by atoms with van der Waals surface area (Å²) in [7, 11) is 0. The van der Waals surface area contributed by atoms with E-state index in [0.29, 0.717) is 13.0 Å². The van der Waals surface area contributed by atoms with Gasteiger partial charge in [-0.3, -0.25) is 4.79 Å². The average Bonchev–Trinajstić information content (AvgIpc) is 3.52. The van der Waals surface area contributed by atoms with Gasteiger partial charge in [0.05, 0.1) is 26.4 Å². The SMILES string of the molecule is CC/C=C\C/C=C\C/C=C\C/C=C\C/C=C\CCCCCCCCOCC(COC1OC(COC2OC(CO)C(O)C(O)C2O)C(O)C(O)C1O)OC(=O)CCCCCCCCCCCCCCCCCCCCCCCCCC. The molecule has 0 aromatic heterocycles. The minimum atomic E-state index is -1.71. The summed E-state index contributed by atoms with van der Waals surface area (Å²) in [4.78, 5) is 13.1. The molecule has 0 bridgehead atoms. The maximum atomic E-state index is 13.1. The summed E-state index contributed by atoms with van der Waals surface area (Å²) >= 11 is 0. The van der Waals surface area contributed by atoms with Gasteiger partial charge in [0.25, 0.3) is 0 Å². The van der Waals surface area contributed by atoms with Gasteiger partial charge in [-0.15, -0.1) is 0 Å². The fourth-order valence-electron chi connectivity index (χ4n) is 10.1. The van der Waals surface area contributed by atoms with Crippen molar-refractivity contribution in [2.45, 2.75) is 319 Å². The second-order valence-corrected chi connectivity index (χ2v) is 22.6. The average molecular weight is 1140 g/mol. The molecule has 2 saturated heterocycles. The normalized spacial score (nSPS) is 24.2. The number of ether oxygens (including phenoxy) is 6. The van der Waals surface area contributed by atoms with E-state index in [2.05, 4.69) is 74.6 Å². The van der Waals surface area contributed by atoms with E-state index in [1.54, 1.807) is 0 Å². The van der Waals surface area contributed by atoms with Crippen LogP contribution >= 0.6 is 0 Å². The van der Waals surface area contributed by atoms with Crippen LogP contribution < -0.4 is 0 Å². The van der Waals surface area contributed by atoms with Crippen LogP contribution in [0.15, 0.2) is 60.8 Å². The monoisotopic (exact) mass is 1130 g/mol. The third-order valence-corrected chi connectivity index (χ3v) is 15.3. The standard InChI is InChI=1S/C66H118O14/c1-3-5-7-9-11-13-15-17-19-21-23-25-27-28-29-31-33-35-37-39-41-43-45-47-49-58(68)78-55(52-75-50-48-46-44-42-40-38-36-34-32-30-26-24-22-20-18-16-14-12-10-8-6-4-2)53-76-65-64(74)62(72)60(70)57(80-65)54-77-66-63(73)61(71)59(69)56(51-67)79-66/h6,8,12,14,18,20,24,26,32,34,55-57,59-67,69-74H,3-5,7,9-11,13,15-17,19,21-23,25,27-31,33,35-54H2,1-2H3/b8-6-,14-12-,20-18-,26-24-,34-32-. The predicted octanol–water partition coefficient (Wildman–Crippen LogP) is 12.8. The summed E-state index contributed by atoms with van der Waals surface area (Å²) in [5, 5.41) is 72.5. The van der Waals surface area contributed by atoms with Crippen molar-refractivity contribution in [2.75, 3.05) is 33.0 Å². The number of carbonyl (C=O) groups excluding carboxylic acids is 1. The largest absolute Gasteiger partial charge is 0.457 e. The minimum Gasteiger partial charge on any atom is -0.457 e. The van der Waals surface area contributed by atoms with Crippen molar-refractivity contribution in [3.63, 3.8) is 0 Å². The summed E-state index contributed by atoms with van der Waals surface area (Å²) in [6.07, 6.45) is 50.0. The summed E-state index contributed by atoms with van der Waals surface area (Å²) in [6, 6.07) is 0. The van der Waals surface area contributed by atoms with Crippen molar-refractivity contribution in [3.05, 3.63) is 60.8 Å². The maximum Gasteiger partial charge on any atom is 0.306 e. The summed E-state index contributed by atoms with van der Waals surface area (Å²) < 4.78 is 34.5. The molecule has 11 atom stereocenters. The van der Waals surface area contributed by atoms with Crippen molar-refractivity contribution < 1.29 is 69.0 Å². The molecule has 466 valence electrons. The van der Waals surface area contributed by atoms with Gasteiger partial charge in [0.15, 0.2) is 12.6 Å². The number of aliphatic hydroxyl groups is 7. The smallest absolute Gasteiger partial charge is 0.306 e. The van der Waals surface area contributed by atoms with Crippen LogP contribution in [0.5, 0.6) is 0 Å². The molecule has 2 heterocycles. The minimum absolute atomic E-state index is 0.0517. The Hall–Kier alpha value is -2.31. The van der Waals surface area contributed by atoms with Gasteiger partial charge in [-0.2, -0.15) is 0 Å². The number of allylic oxidation sites excluding steroid dienone is 10. The summed E-state index contributed by atoms with van der Waals surface area (Å²) in [6.45, 7) is 3.58. The van der Waals surface area contributed by atoms with Crippen LogP contribution in [-0.2, 0) is 33.2 Å². The molecule has 7 N–H and O–H groups in total. The number of rotatable bonds is 53. The molecular weight excluding hydrogens is 1020 g/mol. The number of unbranched alkanes of at least 4 members (excludes halogenated alkanes) is 29. The zero-order chi connectivity index (χ0) is 57.9. The molecule has 0 saturated carbocycles. The molecule has 0 amide bonds. The first-order chi connectivity index (χ1) is 39.1. The molecule has 2 aliphatic heterocycles. The van der Waals surface area contributed by atoms with E-state index in [1.165, 1.54) is 135 Å². The Morgan fingerprint density at radius 1 is 0.425 bits per heavy atom. The molecule has 2 rings (SSSR count). The lowest BCUT2D eigenvalue weighted by atomic mass is 9.98. The zero-order valence-corrected chi connectivity index (χ0v) is 50.3. The quantitative estimate of drug-likeness (QED) is 0.0172. The summed E-state index contributed by atoms with van der Waals surface area (Å²) in [5.74, 6) is -0.378. The number of carbonyl (C=O) groups is 1. The first kappa shape index (κ1) is 73.8. The van der Waals surface area contributed by atoms with E-state index >= 15 is 0 Å². The van der Waals surface area contributed by atoms with Gasteiger partial charge in [-0.1, -0.05) is 248 Å². The Morgan fingerprint density at radius 2 is 0.812 bits per heavy atom. The number of esters is 1. The van der Waals surface area contributed by atoms with Gasteiger partial charge in [0, 0.05) is 13.0 Å². The van der Waals surface area contributed by atoms with E-state index < -0.39 is 80.7 Å². The highest BCUT2D eigenvalue weighted by Crippen LogP contribution is 2.27. The molecule has 80 heavy (non-hydrogen) atoms. The van der Waals surface area contributed by atoms with Gasteiger partial charge in [-0.05, 0) is 57.8 Å². The van der Waals surface area contributed by atoms with E-state index in [0.717, 1.165) is 89.9 Å². The van der Waals surface area contributed by atoms with Crippen LogP contribution in [0.1, 0.15) is 251 Å². The van der Waals surface area contributed by atoms with Crippen molar-refractivity contribution in [1.82, 2.24) is 0 Å². The third kappa shape index (κ3) is 37.8. The van der Waals surface area contributed by atoms with Crippen molar-refractivity contribution in [3.8, 4) is 0 Å². The highest BCUT2D eigenvalue weighted by Gasteiger charge is 2.47. The molecule has 0 aromatic rings. The highest BCUT2D eigenvalue weighted by molar-refractivity contribution is 5.69. The zero-order valence-electron chi connectivity index (χ0n) is 50.3. The molecule has 0 aromatic carbocycles. The Bertz CT molecular complexity index is 1550. The molecule has 0 radical (unpaired) electrons. The van der Waals surface area contributed by atoms with Gasteiger partial charge in [0.1, 0.15) is 54.9 Å². The van der Waals surface area contributed by atoms with Crippen LogP contribution in [0.3, 0.4) is 0 Å². The van der Waals surface area contributed by atoms with Gasteiger partial charge >= 0.3 is 5.97 Å². The molecule has 14 nitrogen and oxygen atoms in total. The van der Waals surface area contributed by atoms with Crippen molar-refractivity contribution >= 4 is 5.97 Å². The fourth-order valence-corrected chi connectivity index (χ4v) is 10.1. The van der Waals surface area contributed by atoms with Crippen LogP contribution in [0.2, 0.25) is 0 Å². The lowest BCUT2D eigenvalue weighted by Gasteiger charge is -2.42. The number of hydrogen-bond donors (Lipinski definition) is 7. The molecule has 2 aliphatic rings. The molecular formula is C66H118O14. The predicted molar refractivity (Wildman–Crippen MR) is 321 cm³/mol. The van der Waals surface area contributed by atoms with Crippen LogP contribution in [0.4, 0.5) is 0 Å². The lowest BCUT2D eigenvalue weighted by Crippen LogP contribution is -2.61. The second kappa shape index (κ2) is 52.3. The first-order valence-corrected chi connectivity index (χ1v) is 32.4. The maximum absolute atomic E-state index is 13.1. The van der Waals surface area contributed by atoms with Crippen LogP contribution in [0, 0.1) is 0 Å². The van der Waals surface area contributed by atoms with E-state index in [1.807, 2.05) is 0 Å². The molecule has 2 fully saturated rings. The Kier molecular flexibility index (Phi) is 48.2. The van der Waals surface area contributed by atoms with Crippen LogP contribution in [0.25, 0.3) is 0 Å². The second-order valence-electron chi connectivity index (χ2n) is 22.6. The van der Waals surface area contributed by atoms with E-state index in [9.17, 15) is 40.5 Å². The Balaban J connectivity index is 1.68. The Morgan fingerprint density at radius 3 is 1.27 bits per heavy atom. The van der Waals surface area contributed by atoms with E-state index in [4.69, 9.17) is 28.4 Å². The highest BCUT2D eigenvalue weighted by atomic mass is 16.7. The first-order valence-electron chi connectivity index (χ1n) is 32.4. The summed E-state index contributed by atoms with van der Waals surface area (Å²) in [5.41, 5.74) is 0. The molecule has 14 heteroatoms. The van der Waals surface area contributed by atoms with Crippen molar-refractivity contribution in [1.29, 1.82) is 0 Å². The van der Waals surface area contributed by atoms with Gasteiger partial charge < -0.3 is 64.2 Å². The molecule has 0 aliphatic carbocycles. The third-order valence-electron chi connectivity index (χ3n) is 15.3.